The molecule has 0 aliphatic heterocycles. The number of aryl methyl sites for hydroxylation is 2. The number of aromatic carboxylic acids is 1. The summed E-state index contributed by atoms with van der Waals surface area (Å²) in [6.07, 6.45) is 1.50. The lowest BCUT2D eigenvalue weighted by Gasteiger charge is -2.13. The molecule has 3 aromatic carbocycles. The molecule has 0 atom stereocenters. The van der Waals surface area contributed by atoms with Gasteiger partial charge in [-0.15, -0.1) is 0 Å². The van der Waals surface area contributed by atoms with Gasteiger partial charge in [-0.2, -0.15) is 5.26 Å². The monoisotopic (exact) mass is 470 g/mol. The summed E-state index contributed by atoms with van der Waals surface area (Å²) in [5.41, 5.74) is 4.22. The van der Waals surface area contributed by atoms with Crippen LogP contribution in [0.25, 0.3) is 6.08 Å². The molecule has 0 bridgehead atoms. The second-order valence-electron chi connectivity index (χ2n) is 7.87. The Morgan fingerprint density at radius 3 is 2.37 bits per heavy atom. The summed E-state index contributed by atoms with van der Waals surface area (Å²) in [5.74, 6) is -0.526. The number of benzene rings is 3. The van der Waals surface area contributed by atoms with Crippen LogP contribution in [0, 0.1) is 25.2 Å². The number of amides is 1. The van der Waals surface area contributed by atoms with Crippen LogP contribution in [0.1, 0.15) is 39.5 Å². The first-order valence-corrected chi connectivity index (χ1v) is 11.0. The number of rotatable bonds is 9. The zero-order chi connectivity index (χ0) is 25.4. The Balaban J connectivity index is 1.77. The molecule has 0 heterocycles. The highest BCUT2D eigenvalue weighted by Crippen LogP contribution is 2.30. The SMILES string of the molecule is CCOc1cc(/C=C(\C#N)C(=O)Nc2ccc(C)cc2C)ccc1OCc1ccc(C(=O)O)cc1. The number of hydrogen-bond donors (Lipinski definition) is 2. The number of ether oxygens (including phenoxy) is 2. The standard InChI is InChI=1S/C28H26N2O5/c1-4-34-26-15-21(8-12-25(26)35-17-20-6-9-22(10-7-20)28(32)33)14-23(16-29)27(31)30-24-11-5-18(2)13-19(24)3/h5-15H,4,17H2,1-3H3,(H,30,31)(H,32,33)/b23-14+. The van der Waals surface area contributed by atoms with Crippen molar-refractivity contribution in [2.24, 2.45) is 0 Å². The van der Waals surface area contributed by atoms with Crippen LogP contribution in [0.5, 0.6) is 11.5 Å². The van der Waals surface area contributed by atoms with Gasteiger partial charge in [-0.25, -0.2) is 4.79 Å². The molecule has 7 nitrogen and oxygen atoms in total. The lowest BCUT2D eigenvalue weighted by molar-refractivity contribution is -0.112. The number of nitriles is 1. The summed E-state index contributed by atoms with van der Waals surface area (Å²) >= 11 is 0. The number of nitrogens with one attached hydrogen (secondary N) is 1. The van der Waals surface area contributed by atoms with Crippen LogP contribution in [-0.4, -0.2) is 23.6 Å². The third-order valence-electron chi connectivity index (χ3n) is 5.17. The summed E-state index contributed by atoms with van der Waals surface area (Å²) in [5, 5.41) is 21.4. The average Bonchev–Trinajstić information content (AvgIpc) is 2.84. The van der Waals surface area contributed by atoms with Crippen molar-refractivity contribution in [2.75, 3.05) is 11.9 Å². The Kier molecular flexibility index (Phi) is 8.25. The van der Waals surface area contributed by atoms with E-state index in [2.05, 4.69) is 5.32 Å². The van der Waals surface area contributed by atoms with Gasteiger partial charge in [0.05, 0.1) is 12.2 Å². The third-order valence-corrected chi connectivity index (χ3v) is 5.17. The van der Waals surface area contributed by atoms with Crippen LogP contribution < -0.4 is 14.8 Å². The number of hydrogen-bond acceptors (Lipinski definition) is 5. The largest absolute Gasteiger partial charge is 0.490 e. The summed E-state index contributed by atoms with van der Waals surface area (Å²) in [4.78, 5) is 23.7. The van der Waals surface area contributed by atoms with Crippen molar-refractivity contribution in [1.29, 1.82) is 5.26 Å². The topological polar surface area (TPSA) is 109 Å². The Morgan fingerprint density at radius 2 is 1.74 bits per heavy atom. The molecular weight excluding hydrogens is 444 g/mol. The number of carboxylic acid groups (broad SMARTS) is 1. The van der Waals surface area contributed by atoms with Crippen LogP contribution in [0.3, 0.4) is 0 Å². The maximum atomic E-state index is 12.7. The molecule has 0 aliphatic rings. The maximum absolute atomic E-state index is 12.7. The van der Waals surface area contributed by atoms with Crippen LogP contribution in [0.15, 0.2) is 66.2 Å². The molecule has 1 amide bonds. The summed E-state index contributed by atoms with van der Waals surface area (Å²) in [6.45, 7) is 6.32. The Hall–Kier alpha value is -4.57. The summed E-state index contributed by atoms with van der Waals surface area (Å²) < 4.78 is 11.6. The van der Waals surface area contributed by atoms with Crippen molar-refractivity contribution in [2.45, 2.75) is 27.4 Å². The van der Waals surface area contributed by atoms with Crippen molar-refractivity contribution in [3.8, 4) is 17.6 Å². The number of carboxylic acids is 1. The van der Waals surface area contributed by atoms with Crippen molar-refractivity contribution >= 4 is 23.6 Å². The lowest BCUT2D eigenvalue weighted by Crippen LogP contribution is -2.14. The van der Waals surface area contributed by atoms with Crippen molar-refractivity contribution in [3.05, 3.63) is 94.1 Å². The number of nitrogens with zero attached hydrogens (tertiary/aromatic N) is 1. The van der Waals surface area contributed by atoms with Crippen LogP contribution in [0.2, 0.25) is 0 Å². The van der Waals surface area contributed by atoms with E-state index in [0.29, 0.717) is 29.4 Å². The Labute approximate surface area is 204 Å². The summed E-state index contributed by atoms with van der Waals surface area (Å²) in [6, 6.07) is 19.2. The van der Waals surface area contributed by atoms with E-state index in [1.165, 1.54) is 18.2 Å². The molecule has 0 saturated carbocycles. The first-order valence-electron chi connectivity index (χ1n) is 11.0. The maximum Gasteiger partial charge on any atom is 0.335 e. The fraction of sp³-hybridized carbons (Fsp3) is 0.179. The molecule has 0 aliphatic carbocycles. The van der Waals surface area contributed by atoms with Crippen LogP contribution >= 0.6 is 0 Å². The van der Waals surface area contributed by atoms with Gasteiger partial charge in [0.15, 0.2) is 11.5 Å². The Bertz CT molecular complexity index is 1300. The van der Waals surface area contributed by atoms with Gasteiger partial charge in [-0.1, -0.05) is 35.9 Å². The van der Waals surface area contributed by atoms with Crippen molar-refractivity contribution in [1.82, 2.24) is 0 Å². The first-order chi connectivity index (χ1) is 16.8. The van der Waals surface area contributed by atoms with Gasteiger partial charge in [0.1, 0.15) is 18.2 Å². The fourth-order valence-corrected chi connectivity index (χ4v) is 3.37. The highest BCUT2D eigenvalue weighted by atomic mass is 16.5. The molecular formula is C28H26N2O5. The fourth-order valence-electron chi connectivity index (χ4n) is 3.37. The van der Waals surface area contributed by atoms with Gasteiger partial charge >= 0.3 is 5.97 Å². The van der Waals surface area contributed by atoms with Gasteiger partial charge in [0.25, 0.3) is 5.91 Å². The molecule has 0 radical (unpaired) electrons. The molecule has 0 fully saturated rings. The lowest BCUT2D eigenvalue weighted by atomic mass is 10.1. The number of carbonyl (C=O) groups excluding carboxylic acids is 1. The van der Waals surface area contributed by atoms with Crippen LogP contribution in [0.4, 0.5) is 5.69 Å². The third kappa shape index (κ3) is 6.71. The minimum Gasteiger partial charge on any atom is -0.490 e. The molecule has 3 rings (SSSR count). The van der Waals surface area contributed by atoms with Gasteiger partial charge in [0, 0.05) is 5.69 Å². The molecule has 35 heavy (non-hydrogen) atoms. The minimum absolute atomic E-state index is 0.0420. The van der Waals surface area contributed by atoms with E-state index in [9.17, 15) is 14.9 Å². The smallest absolute Gasteiger partial charge is 0.335 e. The molecule has 178 valence electrons. The van der Waals surface area contributed by atoms with E-state index >= 15 is 0 Å². The molecule has 0 aromatic heterocycles. The van der Waals surface area contributed by atoms with E-state index in [-0.39, 0.29) is 17.7 Å². The zero-order valence-electron chi connectivity index (χ0n) is 19.8. The zero-order valence-corrected chi connectivity index (χ0v) is 19.8. The van der Waals surface area contributed by atoms with Crippen LogP contribution in [-0.2, 0) is 11.4 Å². The van der Waals surface area contributed by atoms with Gasteiger partial charge < -0.3 is 19.9 Å². The van der Waals surface area contributed by atoms with Gasteiger partial charge in [-0.3, -0.25) is 4.79 Å². The number of anilines is 1. The highest BCUT2D eigenvalue weighted by Gasteiger charge is 2.13. The predicted molar refractivity (Wildman–Crippen MR) is 133 cm³/mol. The van der Waals surface area contributed by atoms with Crippen molar-refractivity contribution in [3.63, 3.8) is 0 Å². The van der Waals surface area contributed by atoms with E-state index in [4.69, 9.17) is 14.6 Å². The Morgan fingerprint density at radius 1 is 1.00 bits per heavy atom. The van der Waals surface area contributed by atoms with E-state index in [1.807, 2.05) is 45.0 Å². The van der Waals surface area contributed by atoms with E-state index in [1.54, 1.807) is 30.3 Å². The quantitative estimate of drug-likeness (QED) is 0.315. The van der Waals surface area contributed by atoms with E-state index < -0.39 is 11.9 Å². The second kappa shape index (κ2) is 11.5. The number of carbonyl (C=O) groups is 2. The van der Waals surface area contributed by atoms with Crippen molar-refractivity contribution < 1.29 is 24.2 Å². The average molecular weight is 471 g/mol. The molecule has 0 saturated heterocycles. The van der Waals surface area contributed by atoms with Gasteiger partial charge in [0.2, 0.25) is 0 Å². The molecule has 3 aromatic rings. The minimum atomic E-state index is -0.987. The van der Waals surface area contributed by atoms with Gasteiger partial charge in [-0.05, 0) is 73.9 Å². The second-order valence-corrected chi connectivity index (χ2v) is 7.87. The summed E-state index contributed by atoms with van der Waals surface area (Å²) in [7, 11) is 0. The highest BCUT2D eigenvalue weighted by molar-refractivity contribution is 6.10. The molecule has 2 N–H and O–H groups in total. The molecule has 0 spiro atoms. The molecule has 7 heteroatoms. The predicted octanol–water partition coefficient (Wildman–Crippen LogP) is 5.53. The normalized spacial score (nSPS) is 10.9. The molecule has 0 unspecified atom stereocenters. The first kappa shape index (κ1) is 25.1. The van der Waals surface area contributed by atoms with E-state index in [0.717, 1.165) is 16.7 Å².